The summed E-state index contributed by atoms with van der Waals surface area (Å²) in [6.45, 7) is 11.7. The van der Waals surface area contributed by atoms with Crippen LogP contribution in [0.15, 0.2) is 24.3 Å². The van der Waals surface area contributed by atoms with Gasteiger partial charge >= 0.3 is 7.12 Å². The molecule has 0 amide bonds. The maximum Gasteiger partial charge on any atom is 0.494 e. The van der Waals surface area contributed by atoms with Crippen molar-refractivity contribution < 1.29 is 22.8 Å². The van der Waals surface area contributed by atoms with E-state index in [1.807, 2.05) is 33.8 Å². The standard InChI is InChI=1S/C18H27BF2O3/c1-15(2,3)18(20,21)12-22-14-10-8-9-13(11-14)19-23-16(4,5)17(6,7)24-19/h8-11H,12H2,1-7H3. The summed E-state index contributed by atoms with van der Waals surface area (Å²) < 4.78 is 45.4. The number of ether oxygens (including phenoxy) is 1. The highest BCUT2D eigenvalue weighted by atomic mass is 19.3. The summed E-state index contributed by atoms with van der Waals surface area (Å²) in [6, 6.07) is 6.95. The zero-order valence-electron chi connectivity index (χ0n) is 15.6. The van der Waals surface area contributed by atoms with Crippen molar-refractivity contribution in [3.63, 3.8) is 0 Å². The third kappa shape index (κ3) is 3.75. The average molecular weight is 340 g/mol. The normalized spacial score (nSPS) is 20.3. The molecule has 0 unspecified atom stereocenters. The second-order valence-corrected chi connectivity index (χ2v) is 8.40. The highest BCUT2D eigenvalue weighted by Gasteiger charge is 2.51. The van der Waals surface area contributed by atoms with Crippen LogP contribution in [0.25, 0.3) is 0 Å². The van der Waals surface area contributed by atoms with Gasteiger partial charge in [0.25, 0.3) is 5.92 Å². The Labute approximate surface area is 143 Å². The Balaban J connectivity index is 2.11. The predicted molar refractivity (Wildman–Crippen MR) is 92.1 cm³/mol. The van der Waals surface area contributed by atoms with Gasteiger partial charge in [0.2, 0.25) is 0 Å². The summed E-state index contributed by atoms with van der Waals surface area (Å²) in [4.78, 5) is 0. The number of rotatable bonds is 4. The van der Waals surface area contributed by atoms with E-state index in [1.165, 1.54) is 20.8 Å². The van der Waals surface area contributed by atoms with Gasteiger partial charge in [-0.1, -0.05) is 32.9 Å². The van der Waals surface area contributed by atoms with E-state index < -0.39 is 36.3 Å². The van der Waals surface area contributed by atoms with Crippen molar-refractivity contribution in [1.82, 2.24) is 0 Å². The molecule has 1 aromatic carbocycles. The van der Waals surface area contributed by atoms with Gasteiger partial charge in [-0.3, -0.25) is 0 Å². The van der Waals surface area contributed by atoms with Crippen molar-refractivity contribution in [2.45, 2.75) is 65.6 Å². The topological polar surface area (TPSA) is 27.7 Å². The Morgan fingerprint density at radius 3 is 2.08 bits per heavy atom. The first kappa shape index (κ1) is 19.2. The van der Waals surface area contributed by atoms with Crippen LogP contribution in [0.1, 0.15) is 48.5 Å². The van der Waals surface area contributed by atoms with E-state index in [1.54, 1.807) is 18.2 Å². The van der Waals surface area contributed by atoms with Crippen LogP contribution in [0.4, 0.5) is 8.78 Å². The average Bonchev–Trinajstić information content (AvgIpc) is 2.64. The second kappa shape index (κ2) is 5.99. The Morgan fingerprint density at radius 1 is 1.04 bits per heavy atom. The first-order valence-corrected chi connectivity index (χ1v) is 8.21. The van der Waals surface area contributed by atoms with Crippen molar-refractivity contribution in [3.8, 4) is 5.75 Å². The smallest absolute Gasteiger partial charge is 0.487 e. The van der Waals surface area contributed by atoms with Crippen LogP contribution >= 0.6 is 0 Å². The van der Waals surface area contributed by atoms with E-state index in [4.69, 9.17) is 14.0 Å². The van der Waals surface area contributed by atoms with Crippen LogP contribution in [-0.4, -0.2) is 30.8 Å². The summed E-state index contributed by atoms with van der Waals surface area (Å²) in [5.41, 5.74) is -1.30. The van der Waals surface area contributed by atoms with Crippen LogP contribution in [0.2, 0.25) is 0 Å². The number of hydrogen-bond donors (Lipinski definition) is 0. The van der Waals surface area contributed by atoms with Crippen molar-refractivity contribution in [2.24, 2.45) is 5.41 Å². The highest BCUT2D eigenvalue weighted by molar-refractivity contribution is 6.62. The lowest BCUT2D eigenvalue weighted by Crippen LogP contribution is -2.41. The summed E-state index contributed by atoms with van der Waals surface area (Å²) in [7, 11) is -0.540. The van der Waals surface area contributed by atoms with Crippen molar-refractivity contribution in [1.29, 1.82) is 0 Å². The lowest BCUT2D eigenvalue weighted by Gasteiger charge is -2.32. The molecule has 24 heavy (non-hydrogen) atoms. The molecule has 0 aliphatic carbocycles. The predicted octanol–water partition coefficient (Wildman–Crippen LogP) is 4.05. The number of halogens is 2. The molecule has 0 N–H and O–H groups in total. The molecule has 1 aliphatic rings. The quantitative estimate of drug-likeness (QED) is 0.774. The summed E-state index contributed by atoms with van der Waals surface area (Å²) in [6.07, 6.45) is 0. The molecule has 134 valence electrons. The number of hydrogen-bond acceptors (Lipinski definition) is 3. The van der Waals surface area contributed by atoms with Crippen molar-refractivity contribution in [3.05, 3.63) is 24.3 Å². The minimum absolute atomic E-state index is 0.381. The Morgan fingerprint density at radius 2 is 1.58 bits per heavy atom. The van der Waals surface area contributed by atoms with Gasteiger partial charge in [0.15, 0.2) is 6.61 Å². The largest absolute Gasteiger partial charge is 0.494 e. The number of benzene rings is 1. The van der Waals surface area contributed by atoms with Gasteiger partial charge < -0.3 is 14.0 Å². The fraction of sp³-hybridized carbons (Fsp3) is 0.667. The molecule has 0 saturated carbocycles. The molecule has 1 aromatic rings. The van der Waals surface area contributed by atoms with Gasteiger partial charge in [-0.2, -0.15) is 0 Å². The van der Waals surface area contributed by atoms with Gasteiger partial charge in [-0.25, -0.2) is 8.78 Å². The Hall–Kier alpha value is -1.14. The van der Waals surface area contributed by atoms with Gasteiger partial charge in [0.05, 0.1) is 11.2 Å². The summed E-state index contributed by atoms with van der Waals surface area (Å²) >= 11 is 0. The molecule has 0 radical (unpaired) electrons. The van der Waals surface area contributed by atoms with Crippen LogP contribution < -0.4 is 10.2 Å². The summed E-state index contributed by atoms with van der Waals surface area (Å²) in [5, 5.41) is 0. The monoisotopic (exact) mass is 340 g/mol. The van der Waals surface area contributed by atoms with Gasteiger partial charge in [0.1, 0.15) is 5.75 Å². The van der Waals surface area contributed by atoms with Crippen molar-refractivity contribution in [2.75, 3.05) is 6.61 Å². The van der Waals surface area contributed by atoms with Crippen molar-refractivity contribution >= 4 is 12.6 Å². The molecule has 0 spiro atoms. The van der Waals surface area contributed by atoms with Crippen LogP contribution in [0.5, 0.6) is 5.75 Å². The molecule has 2 rings (SSSR count). The maximum atomic E-state index is 14.0. The molecule has 1 saturated heterocycles. The molecular weight excluding hydrogens is 313 g/mol. The van der Waals surface area contributed by atoms with Gasteiger partial charge in [0, 0.05) is 5.41 Å². The molecular formula is C18H27BF2O3. The second-order valence-electron chi connectivity index (χ2n) is 8.40. The SMILES string of the molecule is CC(C)(C)C(F)(F)COc1cccc(B2OC(C)(C)C(C)(C)O2)c1. The molecule has 1 aliphatic heterocycles. The minimum atomic E-state index is -2.92. The van der Waals surface area contributed by atoms with E-state index in [2.05, 4.69) is 0 Å². The van der Waals surface area contributed by atoms with Gasteiger partial charge in [-0.05, 0) is 45.3 Å². The Bertz CT molecular complexity index is 578. The van der Waals surface area contributed by atoms with E-state index in [0.29, 0.717) is 5.75 Å². The summed E-state index contributed by atoms with van der Waals surface area (Å²) in [5.74, 6) is -2.54. The highest BCUT2D eigenvalue weighted by Crippen LogP contribution is 2.37. The molecule has 1 fully saturated rings. The third-order valence-electron chi connectivity index (χ3n) is 4.90. The zero-order chi connectivity index (χ0) is 18.4. The third-order valence-corrected chi connectivity index (χ3v) is 4.90. The molecule has 1 heterocycles. The first-order chi connectivity index (χ1) is 10.8. The fourth-order valence-electron chi connectivity index (χ4n) is 2.12. The van der Waals surface area contributed by atoms with E-state index in [9.17, 15) is 8.78 Å². The lowest BCUT2D eigenvalue weighted by atomic mass is 9.79. The first-order valence-electron chi connectivity index (χ1n) is 8.21. The molecule has 0 aromatic heterocycles. The molecule has 0 atom stereocenters. The zero-order valence-corrected chi connectivity index (χ0v) is 15.6. The fourth-order valence-corrected chi connectivity index (χ4v) is 2.12. The maximum absolute atomic E-state index is 14.0. The van der Waals surface area contributed by atoms with Crippen LogP contribution in [0.3, 0.4) is 0 Å². The van der Waals surface area contributed by atoms with Crippen LogP contribution in [0, 0.1) is 5.41 Å². The van der Waals surface area contributed by atoms with E-state index in [0.717, 1.165) is 5.46 Å². The number of alkyl halides is 2. The molecule has 3 nitrogen and oxygen atoms in total. The lowest BCUT2D eigenvalue weighted by molar-refractivity contribution is -0.123. The van der Waals surface area contributed by atoms with E-state index >= 15 is 0 Å². The van der Waals surface area contributed by atoms with Crippen LogP contribution in [-0.2, 0) is 9.31 Å². The van der Waals surface area contributed by atoms with Gasteiger partial charge in [-0.15, -0.1) is 0 Å². The van der Waals surface area contributed by atoms with E-state index in [-0.39, 0.29) is 0 Å². The molecule has 6 heteroatoms. The minimum Gasteiger partial charge on any atom is -0.487 e. The Kier molecular flexibility index (Phi) is 4.79. The molecule has 0 bridgehead atoms.